The fourth-order valence-electron chi connectivity index (χ4n) is 5.71. The van der Waals surface area contributed by atoms with E-state index in [1.54, 1.807) is 6.92 Å². The van der Waals surface area contributed by atoms with Gasteiger partial charge in [0.25, 0.3) is 0 Å². The molecule has 1 amide bonds. The van der Waals surface area contributed by atoms with Crippen molar-refractivity contribution in [1.82, 2.24) is 4.90 Å². The van der Waals surface area contributed by atoms with Gasteiger partial charge in [-0.05, 0) is 55.7 Å². The molecule has 0 unspecified atom stereocenters. The number of hydrogen-bond donors (Lipinski definition) is 0. The van der Waals surface area contributed by atoms with Crippen molar-refractivity contribution in [2.75, 3.05) is 13.1 Å². The van der Waals surface area contributed by atoms with Crippen molar-refractivity contribution in [3.63, 3.8) is 0 Å². The van der Waals surface area contributed by atoms with Gasteiger partial charge < -0.3 is 4.90 Å². The van der Waals surface area contributed by atoms with Crippen molar-refractivity contribution in [2.45, 2.75) is 64.7 Å². The first-order chi connectivity index (χ1) is 16.0. The van der Waals surface area contributed by atoms with Gasteiger partial charge in [0.1, 0.15) is 11.6 Å². The molecule has 2 fully saturated rings. The Morgan fingerprint density at radius 3 is 2.06 bits per heavy atom. The molecular weight excluding hydrogens is 410 g/mol. The molecule has 1 aliphatic heterocycles. The van der Waals surface area contributed by atoms with Crippen LogP contribution in [0.2, 0.25) is 0 Å². The van der Waals surface area contributed by atoms with Crippen LogP contribution >= 0.6 is 0 Å². The average molecular weight is 446 g/mol. The second-order valence-corrected chi connectivity index (χ2v) is 9.99. The molecule has 4 rings (SSSR count). The number of carbonyl (C=O) groups excluding carboxylic acids is 3. The highest BCUT2D eigenvalue weighted by atomic mass is 16.2. The van der Waals surface area contributed by atoms with Crippen LogP contribution in [0.4, 0.5) is 0 Å². The van der Waals surface area contributed by atoms with E-state index < -0.39 is 5.41 Å². The minimum Gasteiger partial charge on any atom is -0.342 e. The first-order valence-corrected chi connectivity index (χ1v) is 12.4. The van der Waals surface area contributed by atoms with Gasteiger partial charge in [0.05, 0.1) is 0 Å². The van der Waals surface area contributed by atoms with E-state index in [2.05, 4.69) is 36.4 Å². The lowest BCUT2D eigenvalue weighted by atomic mass is 9.74. The molecule has 4 heteroatoms. The summed E-state index contributed by atoms with van der Waals surface area (Å²) < 4.78 is 0. The molecule has 0 bridgehead atoms. The summed E-state index contributed by atoms with van der Waals surface area (Å²) in [6, 6.07) is 18.6. The fourth-order valence-corrected chi connectivity index (χ4v) is 5.71. The number of ketones is 2. The van der Waals surface area contributed by atoms with E-state index in [-0.39, 0.29) is 29.8 Å². The Kier molecular flexibility index (Phi) is 7.42. The number of benzene rings is 2. The highest BCUT2D eigenvalue weighted by Crippen LogP contribution is 2.44. The van der Waals surface area contributed by atoms with Crippen LogP contribution in [0.25, 0.3) is 11.1 Å². The molecule has 4 nitrogen and oxygen atoms in total. The minimum absolute atomic E-state index is 0.0733. The maximum atomic E-state index is 13.5. The molecule has 2 aromatic carbocycles. The van der Waals surface area contributed by atoms with Gasteiger partial charge in [-0.25, -0.2) is 0 Å². The minimum atomic E-state index is -0.549. The molecule has 1 heterocycles. The number of amides is 1. The second-order valence-electron chi connectivity index (χ2n) is 9.99. The molecule has 2 aliphatic rings. The molecular formula is C29H35NO3. The first kappa shape index (κ1) is 23.4. The van der Waals surface area contributed by atoms with E-state index in [0.717, 1.165) is 68.3 Å². The zero-order valence-corrected chi connectivity index (χ0v) is 19.7. The van der Waals surface area contributed by atoms with E-state index in [1.807, 2.05) is 23.1 Å². The number of hydrogen-bond acceptors (Lipinski definition) is 3. The topological polar surface area (TPSA) is 54.5 Å². The molecule has 1 saturated carbocycles. The molecule has 1 aliphatic carbocycles. The van der Waals surface area contributed by atoms with Crippen LogP contribution in [0.5, 0.6) is 0 Å². The van der Waals surface area contributed by atoms with Crippen LogP contribution in [0.3, 0.4) is 0 Å². The van der Waals surface area contributed by atoms with Gasteiger partial charge in [-0.3, -0.25) is 14.4 Å². The van der Waals surface area contributed by atoms with Crippen LogP contribution in [0, 0.1) is 11.3 Å². The lowest BCUT2D eigenvalue weighted by Gasteiger charge is -2.30. The van der Waals surface area contributed by atoms with Crippen LogP contribution in [0.1, 0.15) is 63.9 Å². The third-order valence-corrected chi connectivity index (χ3v) is 7.48. The quantitative estimate of drug-likeness (QED) is 0.502. The summed E-state index contributed by atoms with van der Waals surface area (Å²) in [5.41, 5.74) is 2.83. The molecule has 0 radical (unpaired) electrons. The van der Waals surface area contributed by atoms with E-state index in [1.165, 1.54) is 0 Å². The van der Waals surface area contributed by atoms with Crippen molar-refractivity contribution in [3.8, 4) is 11.1 Å². The average Bonchev–Trinajstić information content (AvgIpc) is 3.52. The molecule has 33 heavy (non-hydrogen) atoms. The Balaban J connectivity index is 1.53. The smallest absolute Gasteiger partial charge is 0.226 e. The molecule has 2 aromatic rings. The summed E-state index contributed by atoms with van der Waals surface area (Å²) in [6.45, 7) is 3.15. The van der Waals surface area contributed by atoms with Gasteiger partial charge in [0.15, 0.2) is 0 Å². The van der Waals surface area contributed by atoms with Crippen LogP contribution in [0.15, 0.2) is 54.6 Å². The molecule has 0 aromatic heterocycles. The summed E-state index contributed by atoms with van der Waals surface area (Å²) in [6.07, 6.45) is 6.73. The van der Waals surface area contributed by atoms with Crippen LogP contribution in [-0.4, -0.2) is 35.5 Å². The van der Waals surface area contributed by atoms with E-state index in [9.17, 15) is 14.4 Å². The maximum Gasteiger partial charge on any atom is 0.226 e. The summed E-state index contributed by atoms with van der Waals surface area (Å²) in [5, 5.41) is 0. The zero-order valence-electron chi connectivity index (χ0n) is 19.7. The normalized spacial score (nSPS) is 18.3. The Morgan fingerprint density at radius 2 is 1.45 bits per heavy atom. The Morgan fingerprint density at radius 1 is 0.848 bits per heavy atom. The van der Waals surface area contributed by atoms with E-state index >= 15 is 0 Å². The third-order valence-electron chi connectivity index (χ3n) is 7.48. The molecule has 0 spiro atoms. The van der Waals surface area contributed by atoms with Crippen molar-refractivity contribution in [2.24, 2.45) is 11.3 Å². The number of Topliss-reactive ketones (excluding diaryl/α,β-unsaturated/α-hetero) is 2. The number of likely N-dealkylation sites (tertiary alicyclic amines) is 1. The van der Waals surface area contributed by atoms with E-state index in [4.69, 9.17) is 0 Å². The summed E-state index contributed by atoms with van der Waals surface area (Å²) >= 11 is 0. The Bertz CT molecular complexity index is 968. The second kappa shape index (κ2) is 10.5. The molecule has 0 N–H and O–H groups in total. The van der Waals surface area contributed by atoms with E-state index in [0.29, 0.717) is 12.8 Å². The van der Waals surface area contributed by atoms with Gasteiger partial charge >= 0.3 is 0 Å². The Labute approximate surface area is 197 Å². The largest absolute Gasteiger partial charge is 0.342 e. The van der Waals surface area contributed by atoms with Crippen molar-refractivity contribution < 1.29 is 14.4 Å². The van der Waals surface area contributed by atoms with Gasteiger partial charge in [-0.15, -0.1) is 0 Å². The first-order valence-electron chi connectivity index (χ1n) is 12.4. The highest BCUT2D eigenvalue weighted by molar-refractivity contribution is 5.93. The van der Waals surface area contributed by atoms with Gasteiger partial charge in [0.2, 0.25) is 5.91 Å². The number of nitrogens with zero attached hydrogens (tertiary/aromatic N) is 1. The van der Waals surface area contributed by atoms with Gasteiger partial charge in [-0.2, -0.15) is 0 Å². The summed E-state index contributed by atoms with van der Waals surface area (Å²) in [4.78, 5) is 40.8. The van der Waals surface area contributed by atoms with Crippen molar-refractivity contribution in [3.05, 3.63) is 60.2 Å². The van der Waals surface area contributed by atoms with Gasteiger partial charge in [-0.1, -0.05) is 67.4 Å². The number of rotatable bonds is 9. The SMILES string of the molecule is CC(=O)CC1(C(=O)C[C@@H](Cc2ccc(-c3ccccc3)cc2)C(=O)N2CCCC2)CCCC1. The predicted octanol–water partition coefficient (Wildman–Crippen LogP) is 5.63. The lowest BCUT2D eigenvalue weighted by Crippen LogP contribution is -2.39. The fraction of sp³-hybridized carbons (Fsp3) is 0.483. The molecule has 1 atom stereocenters. The third kappa shape index (κ3) is 5.61. The molecule has 174 valence electrons. The zero-order chi connectivity index (χ0) is 23.3. The predicted molar refractivity (Wildman–Crippen MR) is 131 cm³/mol. The summed E-state index contributed by atoms with van der Waals surface area (Å²) in [5.74, 6) is -0.0654. The molecule has 1 saturated heterocycles. The monoisotopic (exact) mass is 445 g/mol. The standard InChI is InChI=1S/C29H35NO3/c1-22(31)21-29(15-5-6-16-29)27(32)20-26(28(33)30-17-7-8-18-30)19-23-11-13-25(14-12-23)24-9-3-2-4-10-24/h2-4,9-14,26H,5-8,15-21H2,1H3/t26-/m1/s1. The van der Waals surface area contributed by atoms with Crippen molar-refractivity contribution in [1.29, 1.82) is 0 Å². The number of carbonyl (C=O) groups is 3. The van der Waals surface area contributed by atoms with Crippen LogP contribution in [-0.2, 0) is 20.8 Å². The maximum absolute atomic E-state index is 13.5. The van der Waals surface area contributed by atoms with Crippen molar-refractivity contribution >= 4 is 17.5 Å². The highest BCUT2D eigenvalue weighted by Gasteiger charge is 2.43. The van der Waals surface area contributed by atoms with Gasteiger partial charge in [0, 0.05) is 37.3 Å². The summed E-state index contributed by atoms with van der Waals surface area (Å²) in [7, 11) is 0. The lowest BCUT2D eigenvalue weighted by molar-refractivity contribution is -0.140. The van der Waals surface area contributed by atoms with Crippen LogP contribution < -0.4 is 0 Å². The Hall–Kier alpha value is -2.75.